The van der Waals surface area contributed by atoms with Gasteiger partial charge in [-0.3, -0.25) is 4.98 Å². The summed E-state index contributed by atoms with van der Waals surface area (Å²) in [6, 6.07) is 7.86. The Balaban J connectivity index is 1.88. The fraction of sp³-hybridized carbons (Fsp3) is 0.0769. The molecule has 0 aliphatic heterocycles. The van der Waals surface area contributed by atoms with Crippen LogP contribution in [0.15, 0.2) is 36.7 Å². The number of anilines is 1. The maximum atomic E-state index is 5.94. The third-order valence-electron chi connectivity index (χ3n) is 2.66. The van der Waals surface area contributed by atoms with Crippen molar-refractivity contribution in [2.24, 2.45) is 0 Å². The fourth-order valence-electron chi connectivity index (χ4n) is 1.82. The monoisotopic (exact) mass is 309 g/mol. The van der Waals surface area contributed by atoms with E-state index in [1.165, 1.54) is 11.3 Å². The van der Waals surface area contributed by atoms with Crippen molar-refractivity contribution >= 4 is 51.1 Å². The highest BCUT2D eigenvalue weighted by molar-refractivity contribution is 7.15. The molecule has 0 fully saturated rings. The molecule has 1 aromatic carbocycles. The molecule has 0 bridgehead atoms. The zero-order valence-corrected chi connectivity index (χ0v) is 12.1. The lowest BCUT2D eigenvalue weighted by Crippen LogP contribution is -1.98. The molecule has 0 aliphatic rings. The fourth-order valence-corrected chi connectivity index (χ4v) is 2.91. The highest BCUT2D eigenvalue weighted by atomic mass is 35.5. The van der Waals surface area contributed by atoms with Crippen LogP contribution < -0.4 is 5.32 Å². The first-order valence-electron chi connectivity index (χ1n) is 5.61. The number of halogens is 2. The minimum absolute atomic E-state index is 0.555. The molecule has 0 amide bonds. The van der Waals surface area contributed by atoms with E-state index in [-0.39, 0.29) is 0 Å². The zero-order valence-electron chi connectivity index (χ0n) is 9.73. The van der Waals surface area contributed by atoms with Crippen molar-refractivity contribution in [2.45, 2.75) is 6.54 Å². The van der Waals surface area contributed by atoms with Gasteiger partial charge in [0.25, 0.3) is 0 Å². The molecule has 19 heavy (non-hydrogen) atoms. The second-order valence-corrected chi connectivity index (χ2v) is 6.10. The number of hydrogen-bond donors (Lipinski definition) is 1. The van der Waals surface area contributed by atoms with Crippen LogP contribution in [0.3, 0.4) is 0 Å². The van der Waals surface area contributed by atoms with E-state index in [4.69, 9.17) is 23.2 Å². The van der Waals surface area contributed by atoms with Gasteiger partial charge in [-0.05, 0) is 12.1 Å². The van der Waals surface area contributed by atoms with Gasteiger partial charge < -0.3 is 5.32 Å². The molecule has 1 N–H and O–H groups in total. The summed E-state index contributed by atoms with van der Waals surface area (Å²) in [4.78, 5) is 9.46. The van der Waals surface area contributed by atoms with Crippen molar-refractivity contribution in [2.75, 3.05) is 5.32 Å². The van der Waals surface area contributed by atoms with Crippen molar-refractivity contribution in [3.8, 4) is 0 Å². The van der Waals surface area contributed by atoms with E-state index < -0.39 is 0 Å². The minimum Gasteiger partial charge on any atom is -0.378 e. The van der Waals surface area contributed by atoms with Crippen molar-refractivity contribution in [3.05, 3.63) is 51.0 Å². The molecule has 0 spiro atoms. The Kier molecular flexibility index (Phi) is 3.55. The van der Waals surface area contributed by atoms with Crippen LogP contribution in [-0.4, -0.2) is 9.97 Å². The summed E-state index contributed by atoms with van der Waals surface area (Å²) in [7, 11) is 0. The highest BCUT2D eigenvalue weighted by Gasteiger charge is 2.04. The first-order chi connectivity index (χ1) is 9.22. The standard InChI is InChI=1S/C13H9Cl2N3S/c14-9-4-8-2-1-3-11(12(8)17-5-9)16-6-10-7-18-13(15)19-10/h1-5,7,16H,6H2. The quantitative estimate of drug-likeness (QED) is 0.767. The smallest absolute Gasteiger partial charge is 0.183 e. The Morgan fingerprint density at radius 3 is 2.84 bits per heavy atom. The SMILES string of the molecule is Clc1cnc2c(NCc3cnc(Cl)s3)cccc2c1. The molecule has 2 heterocycles. The summed E-state index contributed by atoms with van der Waals surface area (Å²) in [5.74, 6) is 0. The first-order valence-corrected chi connectivity index (χ1v) is 7.18. The molecular weight excluding hydrogens is 301 g/mol. The van der Waals surface area contributed by atoms with Gasteiger partial charge in [0.05, 0.1) is 22.8 Å². The van der Waals surface area contributed by atoms with Crippen LogP contribution in [0.1, 0.15) is 4.88 Å². The van der Waals surface area contributed by atoms with Crippen molar-refractivity contribution < 1.29 is 0 Å². The van der Waals surface area contributed by atoms with Crippen molar-refractivity contribution in [1.29, 1.82) is 0 Å². The largest absolute Gasteiger partial charge is 0.378 e. The summed E-state index contributed by atoms with van der Waals surface area (Å²) in [6.07, 6.45) is 3.42. The van der Waals surface area contributed by atoms with E-state index in [2.05, 4.69) is 15.3 Å². The summed E-state index contributed by atoms with van der Waals surface area (Å²) in [5.41, 5.74) is 1.88. The third kappa shape index (κ3) is 2.81. The van der Waals surface area contributed by atoms with Gasteiger partial charge in [-0.15, -0.1) is 11.3 Å². The molecule has 3 aromatic rings. The summed E-state index contributed by atoms with van der Waals surface area (Å²) in [5, 5.41) is 4.99. The van der Waals surface area contributed by atoms with Crippen LogP contribution in [0.2, 0.25) is 9.49 Å². The van der Waals surface area contributed by atoms with Crippen molar-refractivity contribution in [1.82, 2.24) is 9.97 Å². The molecular formula is C13H9Cl2N3S. The third-order valence-corrected chi connectivity index (χ3v) is 3.98. The number of nitrogens with one attached hydrogen (secondary N) is 1. The molecule has 0 saturated heterocycles. The lowest BCUT2D eigenvalue weighted by atomic mass is 10.2. The summed E-state index contributed by atoms with van der Waals surface area (Å²) < 4.78 is 0.555. The average molecular weight is 310 g/mol. The lowest BCUT2D eigenvalue weighted by Gasteiger charge is -2.07. The first kappa shape index (κ1) is 12.7. The Bertz CT molecular complexity index is 727. The Labute approximate surface area is 124 Å². The maximum Gasteiger partial charge on any atom is 0.183 e. The summed E-state index contributed by atoms with van der Waals surface area (Å²) >= 11 is 13.2. The predicted octanol–water partition coefficient (Wildman–Crippen LogP) is 4.61. The Morgan fingerprint density at radius 2 is 2.05 bits per heavy atom. The molecule has 0 unspecified atom stereocenters. The number of hydrogen-bond acceptors (Lipinski definition) is 4. The number of rotatable bonds is 3. The average Bonchev–Trinajstić information content (AvgIpc) is 2.81. The number of nitrogens with zero attached hydrogens (tertiary/aromatic N) is 2. The zero-order chi connectivity index (χ0) is 13.2. The number of thiazole rings is 1. The van der Waals surface area contributed by atoms with Gasteiger partial charge in [-0.1, -0.05) is 35.3 Å². The predicted molar refractivity (Wildman–Crippen MR) is 81.2 cm³/mol. The van der Waals surface area contributed by atoms with E-state index in [0.29, 0.717) is 16.0 Å². The normalized spacial score (nSPS) is 10.8. The van der Waals surface area contributed by atoms with Gasteiger partial charge in [0, 0.05) is 22.7 Å². The number of benzene rings is 1. The maximum absolute atomic E-state index is 5.94. The number of fused-ring (bicyclic) bond motifs is 1. The van der Waals surface area contributed by atoms with Gasteiger partial charge in [0.1, 0.15) is 0 Å². The number of para-hydroxylation sites is 1. The van der Waals surface area contributed by atoms with Crippen LogP contribution in [0.5, 0.6) is 0 Å². The van der Waals surface area contributed by atoms with E-state index in [1.54, 1.807) is 12.4 Å². The number of aromatic nitrogens is 2. The van der Waals surface area contributed by atoms with Crippen molar-refractivity contribution in [3.63, 3.8) is 0 Å². The molecule has 0 saturated carbocycles. The molecule has 96 valence electrons. The highest BCUT2D eigenvalue weighted by Crippen LogP contribution is 2.25. The molecule has 3 nitrogen and oxygen atoms in total. The topological polar surface area (TPSA) is 37.8 Å². The summed E-state index contributed by atoms with van der Waals surface area (Å²) in [6.45, 7) is 0.674. The Hall–Kier alpha value is -1.36. The van der Waals surface area contributed by atoms with Gasteiger partial charge in [-0.2, -0.15) is 0 Å². The van der Waals surface area contributed by atoms with Crippen LogP contribution in [0, 0.1) is 0 Å². The second-order valence-electron chi connectivity index (χ2n) is 3.96. The van der Waals surface area contributed by atoms with Gasteiger partial charge in [0.15, 0.2) is 4.47 Å². The Morgan fingerprint density at radius 1 is 1.16 bits per heavy atom. The van der Waals surface area contributed by atoms with E-state index in [1.807, 2.05) is 24.3 Å². The van der Waals surface area contributed by atoms with Crippen LogP contribution in [-0.2, 0) is 6.54 Å². The molecule has 6 heteroatoms. The van der Waals surface area contributed by atoms with Crippen LogP contribution in [0.4, 0.5) is 5.69 Å². The molecule has 0 aliphatic carbocycles. The van der Waals surface area contributed by atoms with E-state index >= 15 is 0 Å². The van der Waals surface area contributed by atoms with E-state index in [0.717, 1.165) is 21.5 Å². The van der Waals surface area contributed by atoms with Gasteiger partial charge in [0.2, 0.25) is 0 Å². The molecule has 0 radical (unpaired) electrons. The van der Waals surface area contributed by atoms with E-state index in [9.17, 15) is 0 Å². The van der Waals surface area contributed by atoms with Crippen LogP contribution >= 0.6 is 34.5 Å². The molecule has 0 atom stereocenters. The van der Waals surface area contributed by atoms with Crippen LogP contribution in [0.25, 0.3) is 10.9 Å². The molecule has 3 rings (SSSR count). The van der Waals surface area contributed by atoms with Gasteiger partial charge in [-0.25, -0.2) is 4.98 Å². The van der Waals surface area contributed by atoms with Gasteiger partial charge >= 0.3 is 0 Å². The second kappa shape index (κ2) is 5.33. The lowest BCUT2D eigenvalue weighted by molar-refractivity contribution is 1.18. The molecule has 2 aromatic heterocycles. The number of pyridine rings is 1. The minimum atomic E-state index is 0.555.